The predicted octanol–water partition coefficient (Wildman–Crippen LogP) is 3.36. The SMILES string of the molecule is COc1ccc2c(c1)CCCN2C(=O)CCCn1c(=O)oc2ccccc21. The first kappa shape index (κ1) is 17.4. The van der Waals surface area contributed by atoms with Gasteiger partial charge in [-0.3, -0.25) is 9.36 Å². The Morgan fingerprint density at radius 1 is 1.22 bits per heavy atom. The van der Waals surface area contributed by atoms with E-state index in [0.717, 1.165) is 41.9 Å². The number of amides is 1. The number of carbonyl (C=O) groups excluding carboxylic acids is 1. The molecule has 6 nitrogen and oxygen atoms in total. The number of hydrogen-bond acceptors (Lipinski definition) is 4. The van der Waals surface area contributed by atoms with E-state index in [0.29, 0.717) is 25.0 Å². The summed E-state index contributed by atoms with van der Waals surface area (Å²) in [6.45, 7) is 1.19. The molecule has 0 saturated carbocycles. The van der Waals surface area contributed by atoms with Gasteiger partial charge in [0.15, 0.2) is 5.58 Å². The van der Waals surface area contributed by atoms with Crippen molar-refractivity contribution in [1.29, 1.82) is 0 Å². The summed E-state index contributed by atoms with van der Waals surface area (Å²) in [4.78, 5) is 26.7. The molecule has 1 aromatic heterocycles. The molecule has 0 fully saturated rings. The third kappa shape index (κ3) is 3.35. The summed E-state index contributed by atoms with van der Waals surface area (Å²) in [6, 6.07) is 13.2. The second-order valence-electron chi connectivity index (χ2n) is 6.73. The smallest absolute Gasteiger partial charge is 0.419 e. The fourth-order valence-corrected chi connectivity index (χ4v) is 3.71. The van der Waals surface area contributed by atoms with Gasteiger partial charge in [-0.15, -0.1) is 0 Å². The molecule has 27 heavy (non-hydrogen) atoms. The lowest BCUT2D eigenvalue weighted by molar-refractivity contribution is -0.118. The van der Waals surface area contributed by atoms with E-state index in [4.69, 9.17) is 9.15 Å². The van der Waals surface area contributed by atoms with Crippen LogP contribution in [-0.2, 0) is 17.8 Å². The largest absolute Gasteiger partial charge is 0.497 e. The number of benzene rings is 2. The van der Waals surface area contributed by atoms with Crippen molar-refractivity contribution in [2.24, 2.45) is 0 Å². The van der Waals surface area contributed by atoms with Crippen molar-refractivity contribution in [3.8, 4) is 5.75 Å². The van der Waals surface area contributed by atoms with Gasteiger partial charge in [0, 0.05) is 25.2 Å². The molecule has 2 heterocycles. The Balaban J connectivity index is 1.45. The van der Waals surface area contributed by atoms with Crippen molar-refractivity contribution in [3.63, 3.8) is 0 Å². The maximum atomic E-state index is 12.8. The normalized spacial score (nSPS) is 13.6. The minimum absolute atomic E-state index is 0.0852. The van der Waals surface area contributed by atoms with Gasteiger partial charge < -0.3 is 14.1 Å². The van der Waals surface area contributed by atoms with Crippen LogP contribution >= 0.6 is 0 Å². The van der Waals surface area contributed by atoms with Crippen LogP contribution in [0.3, 0.4) is 0 Å². The van der Waals surface area contributed by atoms with Crippen molar-refractivity contribution in [3.05, 3.63) is 58.6 Å². The number of methoxy groups -OCH3 is 1. The number of para-hydroxylation sites is 2. The van der Waals surface area contributed by atoms with Gasteiger partial charge in [0.2, 0.25) is 5.91 Å². The standard InChI is InChI=1S/C21H22N2O4/c1-26-16-10-11-17-15(14-16)6-4-12-22(17)20(24)9-5-13-23-18-7-2-3-8-19(18)27-21(23)25/h2-3,7-8,10-11,14H,4-6,9,12-13H2,1H3. The van der Waals surface area contributed by atoms with Gasteiger partial charge in [-0.05, 0) is 55.2 Å². The van der Waals surface area contributed by atoms with Crippen LogP contribution in [0, 0.1) is 0 Å². The molecule has 0 unspecified atom stereocenters. The molecule has 0 radical (unpaired) electrons. The molecule has 0 saturated heterocycles. The van der Waals surface area contributed by atoms with Gasteiger partial charge in [0.05, 0.1) is 12.6 Å². The van der Waals surface area contributed by atoms with E-state index < -0.39 is 0 Å². The highest BCUT2D eigenvalue weighted by Crippen LogP contribution is 2.31. The summed E-state index contributed by atoms with van der Waals surface area (Å²) in [7, 11) is 1.65. The number of hydrogen-bond donors (Lipinski definition) is 0. The van der Waals surface area contributed by atoms with Crippen LogP contribution in [0.2, 0.25) is 0 Å². The predicted molar refractivity (Wildman–Crippen MR) is 103 cm³/mol. The summed E-state index contributed by atoms with van der Waals surface area (Å²) in [5, 5.41) is 0. The lowest BCUT2D eigenvalue weighted by Gasteiger charge is -2.30. The quantitative estimate of drug-likeness (QED) is 0.694. The Morgan fingerprint density at radius 3 is 2.93 bits per heavy atom. The van der Waals surface area contributed by atoms with Crippen LogP contribution in [-0.4, -0.2) is 24.1 Å². The third-order valence-corrected chi connectivity index (χ3v) is 5.05. The zero-order valence-electron chi connectivity index (χ0n) is 15.3. The van der Waals surface area contributed by atoms with Gasteiger partial charge in [-0.25, -0.2) is 4.79 Å². The van der Waals surface area contributed by atoms with E-state index in [1.165, 1.54) is 0 Å². The van der Waals surface area contributed by atoms with Crippen molar-refractivity contribution in [1.82, 2.24) is 4.57 Å². The van der Waals surface area contributed by atoms with E-state index in [1.807, 2.05) is 41.3 Å². The molecular formula is C21H22N2O4. The topological polar surface area (TPSA) is 64.7 Å². The van der Waals surface area contributed by atoms with Gasteiger partial charge in [0.25, 0.3) is 0 Å². The lowest BCUT2D eigenvalue weighted by atomic mass is 10.0. The number of oxazole rings is 1. The van der Waals surface area contributed by atoms with Crippen molar-refractivity contribution in [2.45, 2.75) is 32.2 Å². The second kappa shape index (κ2) is 7.31. The van der Waals surface area contributed by atoms with Crippen LogP contribution in [0.25, 0.3) is 11.1 Å². The second-order valence-corrected chi connectivity index (χ2v) is 6.73. The number of carbonyl (C=O) groups is 1. The summed E-state index contributed by atoms with van der Waals surface area (Å²) < 4.78 is 12.1. The Hall–Kier alpha value is -3.02. The molecule has 0 aliphatic carbocycles. The van der Waals surface area contributed by atoms with Crippen LogP contribution in [0.1, 0.15) is 24.8 Å². The molecule has 2 aromatic carbocycles. The molecule has 140 valence electrons. The zero-order valence-corrected chi connectivity index (χ0v) is 15.3. The number of anilines is 1. The highest BCUT2D eigenvalue weighted by Gasteiger charge is 2.22. The molecule has 0 atom stereocenters. The Kier molecular flexibility index (Phi) is 4.71. The van der Waals surface area contributed by atoms with E-state index in [2.05, 4.69) is 0 Å². The number of rotatable bonds is 5. The number of fused-ring (bicyclic) bond motifs is 2. The minimum Gasteiger partial charge on any atom is -0.497 e. The molecule has 1 aliphatic rings. The lowest BCUT2D eigenvalue weighted by Crippen LogP contribution is -2.35. The minimum atomic E-state index is -0.376. The maximum absolute atomic E-state index is 12.8. The fourth-order valence-electron chi connectivity index (χ4n) is 3.71. The summed E-state index contributed by atoms with van der Waals surface area (Å²) >= 11 is 0. The fraction of sp³-hybridized carbons (Fsp3) is 0.333. The molecule has 4 rings (SSSR count). The van der Waals surface area contributed by atoms with E-state index in [1.54, 1.807) is 17.7 Å². The number of aryl methyl sites for hydroxylation is 2. The van der Waals surface area contributed by atoms with E-state index in [9.17, 15) is 9.59 Å². The molecule has 0 spiro atoms. The molecule has 0 N–H and O–H groups in total. The Morgan fingerprint density at radius 2 is 2.07 bits per heavy atom. The van der Waals surface area contributed by atoms with Crippen molar-refractivity contribution in [2.75, 3.05) is 18.6 Å². The average Bonchev–Trinajstić information content (AvgIpc) is 3.02. The third-order valence-electron chi connectivity index (χ3n) is 5.05. The molecule has 3 aromatic rings. The number of nitrogens with zero attached hydrogens (tertiary/aromatic N) is 2. The first-order valence-corrected chi connectivity index (χ1v) is 9.23. The van der Waals surface area contributed by atoms with Crippen LogP contribution in [0.15, 0.2) is 51.7 Å². The maximum Gasteiger partial charge on any atom is 0.419 e. The molecule has 1 amide bonds. The summed E-state index contributed by atoms with van der Waals surface area (Å²) in [6.07, 6.45) is 2.87. The van der Waals surface area contributed by atoms with Crippen molar-refractivity contribution >= 4 is 22.7 Å². The van der Waals surface area contributed by atoms with Gasteiger partial charge in [-0.1, -0.05) is 12.1 Å². The highest BCUT2D eigenvalue weighted by molar-refractivity contribution is 5.94. The van der Waals surface area contributed by atoms with Gasteiger partial charge in [0.1, 0.15) is 5.75 Å². The Bertz CT molecular complexity index is 1030. The van der Waals surface area contributed by atoms with E-state index in [-0.39, 0.29) is 11.7 Å². The van der Waals surface area contributed by atoms with Gasteiger partial charge in [-0.2, -0.15) is 0 Å². The molecule has 6 heteroatoms. The monoisotopic (exact) mass is 366 g/mol. The van der Waals surface area contributed by atoms with E-state index >= 15 is 0 Å². The molecule has 1 aliphatic heterocycles. The first-order valence-electron chi connectivity index (χ1n) is 9.23. The molecular weight excluding hydrogens is 344 g/mol. The van der Waals surface area contributed by atoms with Crippen LogP contribution in [0.5, 0.6) is 5.75 Å². The first-order chi connectivity index (χ1) is 13.2. The summed E-state index contributed by atoms with van der Waals surface area (Å²) in [5.74, 6) is 0.523. The van der Waals surface area contributed by atoms with Gasteiger partial charge >= 0.3 is 5.76 Å². The number of ether oxygens (including phenoxy) is 1. The average molecular weight is 366 g/mol. The molecule has 0 bridgehead atoms. The summed E-state index contributed by atoms with van der Waals surface area (Å²) in [5.41, 5.74) is 3.46. The van der Waals surface area contributed by atoms with Crippen LogP contribution < -0.4 is 15.4 Å². The Labute approximate surface area is 157 Å². The zero-order chi connectivity index (χ0) is 18.8. The van der Waals surface area contributed by atoms with Crippen LogP contribution in [0.4, 0.5) is 5.69 Å². The number of aromatic nitrogens is 1. The van der Waals surface area contributed by atoms with Crippen molar-refractivity contribution < 1.29 is 13.9 Å². The highest BCUT2D eigenvalue weighted by atomic mass is 16.5.